The maximum absolute atomic E-state index is 4.29. The van der Waals surface area contributed by atoms with Crippen LogP contribution in [-0.2, 0) is 13.0 Å². The molecule has 0 bridgehead atoms. The number of aliphatic imine (C=N–C) groups is 1. The van der Waals surface area contributed by atoms with Crippen LogP contribution in [0.1, 0.15) is 42.4 Å². The molecule has 124 valence electrons. The fraction of sp³-hybridized carbons (Fsp3) is 0.706. The summed E-state index contributed by atoms with van der Waals surface area (Å²) in [6.07, 6.45) is 6.37. The van der Waals surface area contributed by atoms with Gasteiger partial charge in [-0.25, -0.2) is 0 Å². The van der Waals surface area contributed by atoms with E-state index in [2.05, 4.69) is 39.6 Å². The largest absolute Gasteiger partial charge is 0.356 e. The minimum Gasteiger partial charge on any atom is -0.356 e. The Hall–Kier alpha value is -1.07. The zero-order valence-electron chi connectivity index (χ0n) is 14.0. The van der Waals surface area contributed by atoms with Gasteiger partial charge in [0.05, 0.1) is 6.54 Å². The number of likely N-dealkylation sites (tertiary alicyclic amines) is 1. The molecule has 2 N–H and O–H groups in total. The number of hydrogen-bond acceptors (Lipinski definition) is 3. The number of rotatable bonds is 8. The van der Waals surface area contributed by atoms with Crippen molar-refractivity contribution in [3.8, 4) is 0 Å². The number of guanidine groups is 1. The number of aryl methyl sites for hydroxylation is 1. The second-order valence-corrected chi connectivity index (χ2v) is 7.08. The molecule has 1 saturated heterocycles. The Morgan fingerprint density at radius 3 is 2.64 bits per heavy atom. The van der Waals surface area contributed by atoms with Gasteiger partial charge in [-0.3, -0.25) is 4.99 Å². The number of unbranched alkanes of at least 4 members (excludes halogenated alkanes) is 1. The van der Waals surface area contributed by atoms with Crippen molar-refractivity contribution in [2.45, 2.75) is 45.6 Å². The molecule has 0 amide bonds. The fourth-order valence-electron chi connectivity index (χ4n) is 2.77. The summed E-state index contributed by atoms with van der Waals surface area (Å²) < 4.78 is 0. The Bertz CT molecular complexity index is 449. The molecule has 4 nitrogen and oxygen atoms in total. The van der Waals surface area contributed by atoms with Crippen molar-refractivity contribution in [1.29, 1.82) is 0 Å². The predicted molar refractivity (Wildman–Crippen MR) is 96.8 cm³/mol. The number of hydrogen-bond donors (Lipinski definition) is 2. The van der Waals surface area contributed by atoms with E-state index < -0.39 is 0 Å². The van der Waals surface area contributed by atoms with E-state index in [0.717, 1.165) is 25.5 Å². The quantitative estimate of drug-likeness (QED) is 0.439. The molecular weight excluding hydrogens is 292 g/mol. The highest BCUT2D eigenvalue weighted by Crippen LogP contribution is 2.16. The van der Waals surface area contributed by atoms with Crippen molar-refractivity contribution in [2.75, 3.05) is 33.2 Å². The summed E-state index contributed by atoms with van der Waals surface area (Å²) in [4.78, 5) is 9.69. The lowest BCUT2D eigenvalue weighted by Crippen LogP contribution is -2.37. The van der Waals surface area contributed by atoms with Gasteiger partial charge in [0.25, 0.3) is 0 Å². The second-order valence-electron chi connectivity index (χ2n) is 5.83. The van der Waals surface area contributed by atoms with Crippen molar-refractivity contribution < 1.29 is 0 Å². The summed E-state index contributed by atoms with van der Waals surface area (Å²) in [6.45, 7) is 7.92. The van der Waals surface area contributed by atoms with Crippen LogP contribution in [0.4, 0.5) is 0 Å². The summed E-state index contributed by atoms with van der Waals surface area (Å²) >= 11 is 1.88. The zero-order valence-corrected chi connectivity index (χ0v) is 14.8. The van der Waals surface area contributed by atoms with Crippen molar-refractivity contribution >= 4 is 17.3 Å². The second kappa shape index (κ2) is 9.85. The van der Waals surface area contributed by atoms with Crippen molar-refractivity contribution in [1.82, 2.24) is 15.5 Å². The molecule has 22 heavy (non-hydrogen) atoms. The van der Waals surface area contributed by atoms with E-state index in [-0.39, 0.29) is 0 Å². The first-order valence-corrected chi connectivity index (χ1v) is 9.38. The highest BCUT2D eigenvalue weighted by Gasteiger charge is 2.10. The molecule has 0 aromatic carbocycles. The topological polar surface area (TPSA) is 39.7 Å². The third-order valence-corrected chi connectivity index (χ3v) is 5.34. The molecule has 1 aromatic heterocycles. The van der Waals surface area contributed by atoms with Gasteiger partial charge in [0.2, 0.25) is 0 Å². The maximum Gasteiger partial charge on any atom is 0.191 e. The first-order chi connectivity index (χ1) is 10.8. The highest BCUT2D eigenvalue weighted by molar-refractivity contribution is 7.11. The average Bonchev–Trinajstić information content (AvgIpc) is 3.21. The maximum atomic E-state index is 4.29. The summed E-state index contributed by atoms with van der Waals surface area (Å²) in [5.41, 5.74) is 0. The predicted octanol–water partition coefficient (Wildman–Crippen LogP) is 2.85. The van der Waals surface area contributed by atoms with E-state index in [4.69, 9.17) is 0 Å². The lowest BCUT2D eigenvalue weighted by atomic mass is 10.3. The normalized spacial score (nSPS) is 16.2. The SMILES string of the molecule is CCc1ccc(CNC(=NC)NCCCCN2CCCC2)s1. The van der Waals surface area contributed by atoms with Crippen LogP contribution >= 0.6 is 11.3 Å². The van der Waals surface area contributed by atoms with E-state index in [0.29, 0.717) is 0 Å². The molecule has 1 fully saturated rings. The molecule has 0 unspecified atom stereocenters. The van der Waals surface area contributed by atoms with Gasteiger partial charge in [-0.1, -0.05) is 6.92 Å². The van der Waals surface area contributed by atoms with Gasteiger partial charge in [0, 0.05) is 23.3 Å². The summed E-state index contributed by atoms with van der Waals surface area (Å²) in [5.74, 6) is 0.910. The first kappa shape index (κ1) is 17.3. The summed E-state index contributed by atoms with van der Waals surface area (Å²) in [6, 6.07) is 4.43. The number of nitrogens with zero attached hydrogens (tertiary/aromatic N) is 2. The lowest BCUT2D eigenvalue weighted by Gasteiger charge is -2.15. The average molecular weight is 323 g/mol. The minimum atomic E-state index is 0.859. The molecule has 0 radical (unpaired) electrons. The van der Waals surface area contributed by atoms with Gasteiger partial charge in [0.15, 0.2) is 5.96 Å². The van der Waals surface area contributed by atoms with Crippen LogP contribution in [0.3, 0.4) is 0 Å². The molecule has 1 aliphatic heterocycles. The van der Waals surface area contributed by atoms with Gasteiger partial charge in [-0.05, 0) is 63.9 Å². The van der Waals surface area contributed by atoms with Crippen LogP contribution in [0, 0.1) is 0 Å². The third kappa shape index (κ3) is 5.97. The van der Waals surface area contributed by atoms with Crippen molar-refractivity contribution in [2.24, 2.45) is 4.99 Å². The zero-order chi connectivity index (χ0) is 15.6. The Morgan fingerprint density at radius 1 is 1.18 bits per heavy atom. The Kier molecular flexibility index (Phi) is 7.74. The van der Waals surface area contributed by atoms with E-state index in [1.165, 1.54) is 55.1 Å². The lowest BCUT2D eigenvalue weighted by molar-refractivity contribution is 0.330. The van der Waals surface area contributed by atoms with Crippen LogP contribution in [0.15, 0.2) is 17.1 Å². The van der Waals surface area contributed by atoms with E-state index >= 15 is 0 Å². The Balaban J connectivity index is 1.56. The van der Waals surface area contributed by atoms with Gasteiger partial charge >= 0.3 is 0 Å². The van der Waals surface area contributed by atoms with Gasteiger partial charge < -0.3 is 15.5 Å². The molecule has 1 aromatic rings. The van der Waals surface area contributed by atoms with Gasteiger partial charge in [0.1, 0.15) is 0 Å². The van der Waals surface area contributed by atoms with E-state index in [1.807, 2.05) is 18.4 Å². The molecule has 2 heterocycles. The molecule has 1 aliphatic rings. The standard InChI is InChI=1S/C17H30N4S/c1-3-15-8-9-16(22-15)14-20-17(18-2)19-10-4-5-11-21-12-6-7-13-21/h8-9H,3-7,10-14H2,1-2H3,(H2,18,19,20). The Labute approximate surface area is 139 Å². The van der Waals surface area contributed by atoms with Crippen LogP contribution in [0.2, 0.25) is 0 Å². The molecule has 0 aliphatic carbocycles. The fourth-order valence-corrected chi connectivity index (χ4v) is 3.67. The molecule has 5 heteroatoms. The smallest absolute Gasteiger partial charge is 0.191 e. The van der Waals surface area contributed by atoms with E-state index in [1.54, 1.807) is 0 Å². The Morgan fingerprint density at radius 2 is 1.95 bits per heavy atom. The number of nitrogens with one attached hydrogen (secondary N) is 2. The third-order valence-electron chi connectivity index (χ3n) is 4.11. The highest BCUT2D eigenvalue weighted by atomic mass is 32.1. The van der Waals surface area contributed by atoms with Gasteiger partial charge in [-0.2, -0.15) is 0 Å². The van der Waals surface area contributed by atoms with E-state index in [9.17, 15) is 0 Å². The monoisotopic (exact) mass is 322 g/mol. The molecule has 2 rings (SSSR count). The van der Waals surface area contributed by atoms with Crippen LogP contribution in [0.25, 0.3) is 0 Å². The molecule has 0 spiro atoms. The van der Waals surface area contributed by atoms with Crippen molar-refractivity contribution in [3.05, 3.63) is 21.9 Å². The van der Waals surface area contributed by atoms with Gasteiger partial charge in [-0.15, -0.1) is 11.3 Å². The van der Waals surface area contributed by atoms with Crippen LogP contribution in [-0.4, -0.2) is 44.1 Å². The van der Waals surface area contributed by atoms with Crippen LogP contribution < -0.4 is 10.6 Å². The minimum absolute atomic E-state index is 0.859. The summed E-state index contributed by atoms with van der Waals surface area (Å²) in [7, 11) is 1.84. The summed E-state index contributed by atoms with van der Waals surface area (Å²) in [5, 5.41) is 6.80. The molecule has 0 saturated carbocycles. The molecule has 0 atom stereocenters. The first-order valence-electron chi connectivity index (χ1n) is 8.56. The molecular formula is C17H30N4S. The number of thiophene rings is 1. The van der Waals surface area contributed by atoms with Crippen LogP contribution in [0.5, 0.6) is 0 Å². The van der Waals surface area contributed by atoms with Crippen molar-refractivity contribution in [3.63, 3.8) is 0 Å².